The number of fused-ring (bicyclic) bond motifs is 2. The lowest BCUT2D eigenvalue weighted by molar-refractivity contribution is 0.124. The van der Waals surface area contributed by atoms with Gasteiger partial charge < -0.3 is 5.11 Å². The highest BCUT2D eigenvalue weighted by molar-refractivity contribution is 5.08. The molecule has 0 heterocycles. The van der Waals surface area contributed by atoms with E-state index in [0.29, 0.717) is 5.41 Å². The first-order valence-corrected chi connectivity index (χ1v) is 6.88. The normalized spacial score (nSPS) is 37.0. The molecule has 2 aliphatic rings. The molecule has 2 aliphatic carbocycles. The monoisotopic (exact) mass is 222 g/mol. The first kappa shape index (κ1) is 12.2. The van der Waals surface area contributed by atoms with E-state index in [1.807, 2.05) is 0 Å². The van der Waals surface area contributed by atoms with E-state index >= 15 is 0 Å². The van der Waals surface area contributed by atoms with E-state index in [4.69, 9.17) is 0 Å². The van der Waals surface area contributed by atoms with Crippen LogP contribution in [0.3, 0.4) is 0 Å². The average Bonchev–Trinajstić information content (AvgIpc) is 2.80. The topological polar surface area (TPSA) is 20.2 Å². The molecule has 0 aliphatic heterocycles. The lowest BCUT2D eigenvalue weighted by atomic mass is 9.67. The van der Waals surface area contributed by atoms with Crippen molar-refractivity contribution in [3.05, 3.63) is 11.6 Å². The van der Waals surface area contributed by atoms with E-state index in [1.165, 1.54) is 31.3 Å². The second-order valence-electron chi connectivity index (χ2n) is 6.31. The molecule has 2 rings (SSSR count). The summed E-state index contributed by atoms with van der Waals surface area (Å²) in [6.07, 6.45) is 8.88. The van der Waals surface area contributed by atoms with E-state index < -0.39 is 0 Å². The number of aliphatic hydroxyl groups excluding tert-OH is 1. The molecule has 0 spiro atoms. The summed E-state index contributed by atoms with van der Waals surface area (Å²) >= 11 is 0. The first-order valence-electron chi connectivity index (χ1n) is 6.88. The summed E-state index contributed by atoms with van der Waals surface area (Å²) in [5.41, 5.74) is 1.76. The van der Waals surface area contributed by atoms with E-state index in [2.05, 4.69) is 26.8 Å². The quantitative estimate of drug-likeness (QED) is 0.718. The Kier molecular flexibility index (Phi) is 3.44. The Hall–Kier alpha value is -0.300. The van der Waals surface area contributed by atoms with Gasteiger partial charge in [-0.25, -0.2) is 0 Å². The van der Waals surface area contributed by atoms with Gasteiger partial charge in [0.05, 0.1) is 6.61 Å². The minimum absolute atomic E-state index is 0.248. The van der Waals surface area contributed by atoms with Gasteiger partial charge in [0, 0.05) is 0 Å². The highest BCUT2D eigenvalue weighted by Crippen LogP contribution is 2.60. The highest BCUT2D eigenvalue weighted by Gasteiger charge is 2.51. The van der Waals surface area contributed by atoms with Gasteiger partial charge in [-0.3, -0.25) is 0 Å². The Morgan fingerprint density at radius 2 is 2.12 bits per heavy atom. The molecule has 0 aromatic rings. The molecule has 0 amide bonds. The van der Waals surface area contributed by atoms with Crippen LogP contribution < -0.4 is 0 Å². The standard InChI is InChI=1S/C15H26O/c1-4-11(10-16)5-8-14-12-6-7-13(9-12)15(14,2)3/h5,12-14,16H,4,6-10H2,1-3H3/b11-5-. The molecule has 1 heteroatoms. The molecule has 16 heavy (non-hydrogen) atoms. The van der Waals surface area contributed by atoms with E-state index in [-0.39, 0.29) is 6.61 Å². The lowest BCUT2D eigenvalue weighted by Crippen LogP contribution is -2.30. The zero-order valence-electron chi connectivity index (χ0n) is 11.0. The Balaban J connectivity index is 2.02. The van der Waals surface area contributed by atoms with Gasteiger partial charge in [0.1, 0.15) is 0 Å². The molecule has 2 fully saturated rings. The third kappa shape index (κ3) is 1.95. The molecule has 2 bridgehead atoms. The van der Waals surface area contributed by atoms with Crippen LogP contribution in [0.25, 0.3) is 0 Å². The van der Waals surface area contributed by atoms with Crippen molar-refractivity contribution in [3.63, 3.8) is 0 Å². The maximum Gasteiger partial charge on any atom is 0.0641 e. The van der Waals surface area contributed by atoms with E-state index in [9.17, 15) is 5.11 Å². The van der Waals surface area contributed by atoms with Crippen LogP contribution in [0.15, 0.2) is 11.6 Å². The Morgan fingerprint density at radius 3 is 2.62 bits per heavy atom. The van der Waals surface area contributed by atoms with Gasteiger partial charge in [-0.05, 0) is 60.8 Å². The number of rotatable bonds is 4. The smallest absolute Gasteiger partial charge is 0.0641 e. The maximum absolute atomic E-state index is 9.19. The first-order chi connectivity index (χ1) is 7.59. The predicted octanol–water partition coefficient (Wildman–Crippen LogP) is 3.78. The minimum atomic E-state index is 0.248. The predicted molar refractivity (Wildman–Crippen MR) is 68.2 cm³/mol. The van der Waals surface area contributed by atoms with Crippen LogP contribution in [0.4, 0.5) is 0 Å². The third-order valence-corrected chi connectivity index (χ3v) is 5.37. The molecule has 2 saturated carbocycles. The molecule has 3 unspecified atom stereocenters. The summed E-state index contributed by atoms with van der Waals surface area (Å²) in [5.74, 6) is 2.79. The van der Waals surface area contributed by atoms with Gasteiger partial charge in [-0.2, -0.15) is 0 Å². The molecular weight excluding hydrogens is 196 g/mol. The van der Waals surface area contributed by atoms with Crippen molar-refractivity contribution in [2.24, 2.45) is 23.2 Å². The fraction of sp³-hybridized carbons (Fsp3) is 0.867. The zero-order chi connectivity index (χ0) is 11.8. The lowest BCUT2D eigenvalue weighted by Gasteiger charge is -2.38. The summed E-state index contributed by atoms with van der Waals surface area (Å²) in [4.78, 5) is 0. The van der Waals surface area contributed by atoms with Crippen LogP contribution in [0.1, 0.15) is 52.9 Å². The fourth-order valence-corrected chi connectivity index (χ4v) is 4.08. The third-order valence-electron chi connectivity index (χ3n) is 5.37. The van der Waals surface area contributed by atoms with Crippen molar-refractivity contribution in [2.75, 3.05) is 6.61 Å². The zero-order valence-corrected chi connectivity index (χ0v) is 11.0. The van der Waals surface area contributed by atoms with Gasteiger partial charge in [-0.15, -0.1) is 0 Å². The Labute approximate surface area is 99.9 Å². The summed E-state index contributed by atoms with van der Waals surface area (Å²) in [5, 5.41) is 9.19. The molecule has 3 atom stereocenters. The van der Waals surface area contributed by atoms with Gasteiger partial charge in [0.25, 0.3) is 0 Å². The maximum atomic E-state index is 9.19. The number of hydrogen-bond acceptors (Lipinski definition) is 1. The summed E-state index contributed by atoms with van der Waals surface area (Å²) in [6.45, 7) is 7.30. The van der Waals surface area contributed by atoms with Crippen LogP contribution >= 0.6 is 0 Å². The summed E-state index contributed by atoms with van der Waals surface area (Å²) < 4.78 is 0. The van der Waals surface area contributed by atoms with Crippen molar-refractivity contribution in [3.8, 4) is 0 Å². The minimum Gasteiger partial charge on any atom is -0.392 e. The van der Waals surface area contributed by atoms with Crippen LogP contribution in [-0.4, -0.2) is 11.7 Å². The van der Waals surface area contributed by atoms with Gasteiger partial charge in [-0.1, -0.05) is 26.8 Å². The van der Waals surface area contributed by atoms with Gasteiger partial charge in [0.15, 0.2) is 0 Å². The van der Waals surface area contributed by atoms with Gasteiger partial charge in [0.2, 0.25) is 0 Å². The largest absolute Gasteiger partial charge is 0.392 e. The van der Waals surface area contributed by atoms with Gasteiger partial charge >= 0.3 is 0 Å². The molecule has 0 aromatic heterocycles. The highest BCUT2D eigenvalue weighted by atomic mass is 16.3. The molecule has 92 valence electrons. The SMILES string of the molecule is CC/C(=C/CC1C2CCC(C2)C1(C)C)CO. The van der Waals surface area contributed by atoms with E-state index in [1.54, 1.807) is 0 Å². The van der Waals surface area contributed by atoms with Crippen LogP contribution in [-0.2, 0) is 0 Å². The van der Waals surface area contributed by atoms with Crippen molar-refractivity contribution in [2.45, 2.75) is 52.9 Å². The Morgan fingerprint density at radius 1 is 1.38 bits per heavy atom. The molecular formula is C15H26O. The van der Waals surface area contributed by atoms with Crippen molar-refractivity contribution < 1.29 is 5.11 Å². The average molecular weight is 222 g/mol. The summed E-state index contributed by atoms with van der Waals surface area (Å²) in [7, 11) is 0. The molecule has 0 radical (unpaired) electrons. The van der Waals surface area contributed by atoms with Crippen LogP contribution in [0.2, 0.25) is 0 Å². The second kappa shape index (κ2) is 4.52. The van der Waals surface area contributed by atoms with E-state index in [0.717, 1.165) is 24.2 Å². The van der Waals surface area contributed by atoms with Crippen molar-refractivity contribution in [1.82, 2.24) is 0 Å². The molecule has 1 nitrogen and oxygen atoms in total. The Bertz CT molecular complexity index is 271. The molecule has 0 aromatic carbocycles. The number of allylic oxidation sites excluding steroid dienone is 1. The molecule has 1 N–H and O–H groups in total. The fourth-order valence-electron chi connectivity index (χ4n) is 4.08. The summed E-state index contributed by atoms with van der Waals surface area (Å²) in [6, 6.07) is 0. The van der Waals surface area contributed by atoms with Crippen LogP contribution in [0.5, 0.6) is 0 Å². The molecule has 0 saturated heterocycles. The number of aliphatic hydroxyl groups is 1. The van der Waals surface area contributed by atoms with Crippen LogP contribution in [0, 0.1) is 23.2 Å². The van der Waals surface area contributed by atoms with Crippen molar-refractivity contribution >= 4 is 0 Å². The van der Waals surface area contributed by atoms with Crippen molar-refractivity contribution in [1.29, 1.82) is 0 Å². The number of hydrogen-bond donors (Lipinski definition) is 1. The second-order valence-corrected chi connectivity index (χ2v) is 6.31.